The number of carbonyl (C=O) groups is 1. The molecule has 202 valence electrons. The Hall–Kier alpha value is -5.26. The van der Waals surface area contributed by atoms with Crippen molar-refractivity contribution in [1.82, 2.24) is 19.5 Å². The van der Waals surface area contributed by atoms with Gasteiger partial charge in [0.05, 0.1) is 5.56 Å². The van der Waals surface area contributed by atoms with Crippen LogP contribution in [0.2, 0.25) is 0 Å². The van der Waals surface area contributed by atoms with Crippen molar-refractivity contribution < 1.29 is 22.4 Å². The van der Waals surface area contributed by atoms with Gasteiger partial charge < -0.3 is 16.0 Å². The lowest BCUT2D eigenvalue weighted by molar-refractivity contribution is -0.137. The zero-order valence-electron chi connectivity index (χ0n) is 20.9. The van der Waals surface area contributed by atoms with E-state index in [0.29, 0.717) is 34.6 Å². The zero-order valence-corrected chi connectivity index (χ0v) is 20.9. The van der Waals surface area contributed by atoms with E-state index in [4.69, 9.17) is 0 Å². The Morgan fingerprint density at radius 1 is 0.875 bits per heavy atom. The van der Waals surface area contributed by atoms with Crippen molar-refractivity contribution in [2.75, 3.05) is 16.0 Å². The predicted molar refractivity (Wildman–Crippen MR) is 143 cm³/mol. The molecule has 3 N–H and O–H groups in total. The number of nitrogens with one attached hydrogen (secondary N) is 3. The van der Waals surface area contributed by atoms with Crippen LogP contribution in [0.25, 0.3) is 5.82 Å². The Labute approximate surface area is 225 Å². The van der Waals surface area contributed by atoms with Crippen LogP contribution in [0.3, 0.4) is 0 Å². The molecule has 2 heterocycles. The number of hydrogen-bond acceptors (Lipinski definition) is 6. The first kappa shape index (κ1) is 26.4. The molecule has 0 fully saturated rings. The first-order valence-electron chi connectivity index (χ1n) is 11.9. The van der Waals surface area contributed by atoms with Crippen LogP contribution < -0.4 is 16.0 Å². The van der Waals surface area contributed by atoms with Crippen molar-refractivity contribution in [3.05, 3.63) is 114 Å². The molecular weight excluding hydrogens is 526 g/mol. The third kappa shape index (κ3) is 6.07. The second kappa shape index (κ2) is 10.8. The normalized spacial score (nSPS) is 11.2. The van der Waals surface area contributed by atoms with Gasteiger partial charge in [0.15, 0.2) is 0 Å². The van der Waals surface area contributed by atoms with E-state index in [1.165, 1.54) is 30.6 Å². The van der Waals surface area contributed by atoms with E-state index < -0.39 is 17.6 Å². The van der Waals surface area contributed by atoms with E-state index in [2.05, 4.69) is 30.9 Å². The number of nitrogens with zero attached hydrogens (tertiary/aromatic N) is 4. The average molecular weight is 548 g/mol. The van der Waals surface area contributed by atoms with Gasteiger partial charge in [0, 0.05) is 41.1 Å². The Morgan fingerprint density at radius 3 is 2.50 bits per heavy atom. The summed E-state index contributed by atoms with van der Waals surface area (Å²) in [7, 11) is 0. The van der Waals surface area contributed by atoms with Crippen LogP contribution in [-0.4, -0.2) is 25.4 Å². The standard InChI is InChI=1S/C28H21F4N7O/c1-17-8-9-22(37-26(40)18-4-2-5-19(12-18)28(30,31)32)14-23(17)38-27-33-10-11-39(27)25-15-24(34-16-35-25)36-21-7-3-6-20(29)13-21/h2-16H,1H3,(H,33,38)(H,37,40)(H,34,35,36). The molecule has 40 heavy (non-hydrogen) atoms. The number of aryl methyl sites for hydroxylation is 1. The number of halogens is 4. The van der Waals surface area contributed by atoms with Crippen molar-refractivity contribution in [2.24, 2.45) is 0 Å². The van der Waals surface area contributed by atoms with Gasteiger partial charge in [0.2, 0.25) is 5.95 Å². The topological polar surface area (TPSA) is 96.8 Å². The van der Waals surface area contributed by atoms with Gasteiger partial charge in [-0.25, -0.2) is 19.3 Å². The van der Waals surface area contributed by atoms with Gasteiger partial charge in [-0.1, -0.05) is 18.2 Å². The van der Waals surface area contributed by atoms with E-state index in [1.807, 2.05) is 6.92 Å². The van der Waals surface area contributed by atoms with Crippen molar-refractivity contribution in [2.45, 2.75) is 13.1 Å². The van der Waals surface area contributed by atoms with Gasteiger partial charge in [-0.3, -0.25) is 9.36 Å². The van der Waals surface area contributed by atoms with Crippen LogP contribution in [0.15, 0.2) is 91.5 Å². The molecule has 0 bridgehead atoms. The quantitative estimate of drug-likeness (QED) is 0.193. The van der Waals surface area contributed by atoms with Gasteiger partial charge in [0.1, 0.15) is 23.8 Å². The van der Waals surface area contributed by atoms with Crippen molar-refractivity contribution in [1.29, 1.82) is 0 Å². The van der Waals surface area contributed by atoms with E-state index in [9.17, 15) is 22.4 Å². The second-order valence-electron chi connectivity index (χ2n) is 8.71. The molecule has 0 aliphatic heterocycles. The number of alkyl halides is 3. The SMILES string of the molecule is Cc1ccc(NC(=O)c2cccc(C(F)(F)F)c2)cc1Nc1nccn1-c1cc(Nc2cccc(F)c2)ncn1. The molecule has 3 aromatic carbocycles. The highest BCUT2D eigenvalue weighted by Crippen LogP contribution is 2.30. The largest absolute Gasteiger partial charge is 0.416 e. The smallest absolute Gasteiger partial charge is 0.340 e. The average Bonchev–Trinajstić information content (AvgIpc) is 3.38. The predicted octanol–water partition coefficient (Wildman–Crippen LogP) is 6.87. The molecule has 0 unspecified atom stereocenters. The molecule has 0 aliphatic carbocycles. The summed E-state index contributed by atoms with van der Waals surface area (Å²) in [5.41, 5.74) is 1.29. The molecule has 12 heteroatoms. The maximum absolute atomic E-state index is 13.6. The van der Waals surface area contributed by atoms with Gasteiger partial charge in [0.25, 0.3) is 5.91 Å². The minimum absolute atomic E-state index is 0.119. The number of imidazole rings is 1. The molecule has 2 aromatic heterocycles. The number of anilines is 5. The molecule has 5 aromatic rings. The fourth-order valence-corrected chi connectivity index (χ4v) is 3.84. The highest BCUT2D eigenvalue weighted by atomic mass is 19.4. The summed E-state index contributed by atoms with van der Waals surface area (Å²) in [6, 6.07) is 16.9. The molecule has 8 nitrogen and oxygen atoms in total. The van der Waals surface area contributed by atoms with Crippen LogP contribution in [0, 0.1) is 12.7 Å². The first-order valence-corrected chi connectivity index (χ1v) is 11.9. The molecule has 0 atom stereocenters. The van der Waals surface area contributed by atoms with Gasteiger partial charge in [-0.15, -0.1) is 0 Å². The zero-order chi connectivity index (χ0) is 28.3. The summed E-state index contributed by atoms with van der Waals surface area (Å²) in [6.45, 7) is 1.85. The molecule has 0 saturated heterocycles. The lowest BCUT2D eigenvalue weighted by atomic mass is 10.1. The Bertz CT molecular complexity index is 1680. The fraction of sp³-hybridized carbons (Fsp3) is 0.0714. The minimum atomic E-state index is -4.56. The van der Waals surface area contributed by atoms with Gasteiger partial charge in [-0.2, -0.15) is 13.2 Å². The third-order valence-corrected chi connectivity index (χ3v) is 5.83. The number of aromatic nitrogens is 4. The van der Waals surface area contributed by atoms with E-state index >= 15 is 0 Å². The monoisotopic (exact) mass is 547 g/mol. The van der Waals surface area contributed by atoms with Crippen molar-refractivity contribution in [3.8, 4) is 5.82 Å². The number of benzene rings is 3. The first-order chi connectivity index (χ1) is 19.2. The molecular formula is C28H21F4N7O. The Morgan fingerprint density at radius 2 is 1.70 bits per heavy atom. The van der Waals surface area contributed by atoms with Crippen LogP contribution in [-0.2, 0) is 6.18 Å². The number of amides is 1. The molecule has 0 aliphatic rings. The van der Waals surface area contributed by atoms with Crippen LogP contribution >= 0.6 is 0 Å². The fourth-order valence-electron chi connectivity index (χ4n) is 3.84. The number of rotatable bonds is 7. The number of carbonyl (C=O) groups excluding carboxylic acids is 1. The summed E-state index contributed by atoms with van der Waals surface area (Å²) in [4.78, 5) is 25.5. The van der Waals surface area contributed by atoms with Crippen LogP contribution in [0.1, 0.15) is 21.5 Å². The van der Waals surface area contributed by atoms with Gasteiger partial charge in [-0.05, 0) is 61.0 Å². The molecule has 1 amide bonds. The summed E-state index contributed by atoms with van der Waals surface area (Å²) < 4.78 is 54.4. The van der Waals surface area contributed by atoms with E-state index in [1.54, 1.807) is 53.4 Å². The van der Waals surface area contributed by atoms with Crippen LogP contribution in [0.5, 0.6) is 0 Å². The highest BCUT2D eigenvalue weighted by molar-refractivity contribution is 6.04. The van der Waals surface area contributed by atoms with Crippen molar-refractivity contribution >= 4 is 34.7 Å². The third-order valence-electron chi connectivity index (χ3n) is 5.83. The second-order valence-corrected chi connectivity index (χ2v) is 8.71. The van der Waals surface area contributed by atoms with Crippen LogP contribution in [0.4, 0.5) is 46.4 Å². The maximum Gasteiger partial charge on any atom is 0.416 e. The van der Waals surface area contributed by atoms with E-state index in [-0.39, 0.29) is 11.4 Å². The Balaban J connectivity index is 1.35. The Kier molecular flexibility index (Phi) is 7.15. The molecule has 5 rings (SSSR count). The highest BCUT2D eigenvalue weighted by Gasteiger charge is 2.30. The van der Waals surface area contributed by atoms with Crippen molar-refractivity contribution in [3.63, 3.8) is 0 Å². The summed E-state index contributed by atoms with van der Waals surface area (Å²) in [5, 5.41) is 8.86. The summed E-state index contributed by atoms with van der Waals surface area (Å²) in [6.07, 6.45) is 0.0546. The lowest BCUT2D eigenvalue weighted by Gasteiger charge is -2.14. The van der Waals surface area contributed by atoms with Gasteiger partial charge >= 0.3 is 6.18 Å². The number of hydrogen-bond donors (Lipinski definition) is 3. The summed E-state index contributed by atoms with van der Waals surface area (Å²) >= 11 is 0. The lowest BCUT2D eigenvalue weighted by Crippen LogP contribution is -2.14. The summed E-state index contributed by atoms with van der Waals surface area (Å²) in [5.74, 6) is 0.247. The molecule has 0 spiro atoms. The maximum atomic E-state index is 13.6. The molecule has 0 saturated carbocycles. The van der Waals surface area contributed by atoms with E-state index in [0.717, 1.165) is 17.7 Å². The molecule has 0 radical (unpaired) electrons. The minimum Gasteiger partial charge on any atom is -0.340 e.